The average molecular weight is 441 g/mol. The third-order valence-corrected chi connectivity index (χ3v) is 6.80. The number of para-hydroxylation sites is 1. The molecule has 3 heterocycles. The van der Waals surface area contributed by atoms with E-state index in [4.69, 9.17) is 21.1 Å². The number of benzene rings is 2. The third kappa shape index (κ3) is 2.69. The molecule has 3 aliphatic rings. The fourth-order valence-corrected chi connectivity index (χ4v) is 5.41. The third-order valence-electron chi connectivity index (χ3n) is 6.57. The molecule has 1 fully saturated rings. The van der Waals surface area contributed by atoms with Gasteiger partial charge in [-0.25, -0.2) is 0 Å². The normalized spacial score (nSPS) is 28.4. The molecule has 160 valence electrons. The van der Waals surface area contributed by atoms with Crippen LogP contribution in [-0.4, -0.2) is 41.4 Å². The van der Waals surface area contributed by atoms with Gasteiger partial charge in [-0.15, -0.1) is 0 Å². The Labute approximate surface area is 184 Å². The Balaban J connectivity index is 1.76. The number of halogens is 1. The van der Waals surface area contributed by atoms with E-state index in [1.165, 1.54) is 4.90 Å². The van der Waals surface area contributed by atoms with Crippen molar-refractivity contribution in [1.82, 2.24) is 4.90 Å². The number of carbonyl (C=O) groups excluding carboxylic acids is 3. The topological polar surface area (TPSA) is 84.9 Å². The largest absolute Gasteiger partial charge is 0.493 e. The molecule has 2 aromatic rings. The minimum absolute atomic E-state index is 0.172. The van der Waals surface area contributed by atoms with Gasteiger partial charge in [-0.1, -0.05) is 29.8 Å². The Kier molecular flexibility index (Phi) is 4.48. The van der Waals surface area contributed by atoms with Gasteiger partial charge in [0.2, 0.25) is 0 Å². The number of hydrogen-bond donors (Lipinski definition) is 1. The molecule has 0 unspecified atom stereocenters. The number of hydrogen-bond acceptors (Lipinski definition) is 5. The van der Waals surface area contributed by atoms with Crippen LogP contribution in [-0.2, 0) is 14.3 Å². The van der Waals surface area contributed by atoms with Gasteiger partial charge in [0.1, 0.15) is 11.3 Å². The van der Waals surface area contributed by atoms with Gasteiger partial charge in [0.05, 0.1) is 36.4 Å². The number of amides is 2. The van der Waals surface area contributed by atoms with Crippen LogP contribution >= 0.6 is 11.6 Å². The summed E-state index contributed by atoms with van der Waals surface area (Å²) in [6, 6.07) is 11.6. The van der Waals surface area contributed by atoms with Crippen LogP contribution in [0.25, 0.3) is 0 Å². The van der Waals surface area contributed by atoms with Crippen molar-refractivity contribution in [2.45, 2.75) is 25.4 Å². The van der Waals surface area contributed by atoms with Crippen molar-refractivity contribution >= 4 is 35.1 Å². The maximum absolute atomic E-state index is 13.9. The molecule has 0 radical (unpaired) electrons. The first-order chi connectivity index (χ1) is 14.9. The summed E-state index contributed by atoms with van der Waals surface area (Å²) in [4.78, 5) is 42.2. The predicted octanol–water partition coefficient (Wildman–Crippen LogP) is 3.44. The van der Waals surface area contributed by atoms with Gasteiger partial charge in [0, 0.05) is 16.5 Å². The Morgan fingerprint density at radius 2 is 2.06 bits per heavy atom. The van der Waals surface area contributed by atoms with Crippen LogP contribution in [0.1, 0.15) is 35.8 Å². The summed E-state index contributed by atoms with van der Waals surface area (Å²) in [5.74, 6) is -2.01. The zero-order valence-electron chi connectivity index (χ0n) is 17.1. The molecule has 0 aliphatic carbocycles. The summed E-state index contributed by atoms with van der Waals surface area (Å²) in [6.07, 6.45) is 0. The van der Waals surface area contributed by atoms with Crippen molar-refractivity contribution in [1.29, 1.82) is 0 Å². The van der Waals surface area contributed by atoms with Gasteiger partial charge >= 0.3 is 5.97 Å². The van der Waals surface area contributed by atoms with Gasteiger partial charge in [0.15, 0.2) is 0 Å². The molecular formula is C23H21ClN2O5. The SMILES string of the molecule is CCOC(=O)[C@H]1[C@H]2COc3ccccc3[C@@H]2N2C(=O)c3cc(Cl)ccc3NC(=O)[C@@]12C. The average Bonchev–Trinajstić information content (AvgIpc) is 3.00. The molecule has 1 saturated heterocycles. The molecule has 7 nitrogen and oxygen atoms in total. The van der Waals surface area contributed by atoms with E-state index in [0.717, 1.165) is 5.56 Å². The van der Waals surface area contributed by atoms with Crippen LogP contribution in [0.5, 0.6) is 5.75 Å². The number of anilines is 1. The summed E-state index contributed by atoms with van der Waals surface area (Å²) in [5, 5.41) is 3.23. The summed E-state index contributed by atoms with van der Waals surface area (Å²) in [5.41, 5.74) is -0.0416. The van der Waals surface area contributed by atoms with E-state index in [1.807, 2.05) is 24.3 Å². The molecule has 0 bridgehead atoms. The fourth-order valence-electron chi connectivity index (χ4n) is 5.23. The Hall–Kier alpha value is -3.06. The first-order valence-electron chi connectivity index (χ1n) is 10.2. The second-order valence-electron chi connectivity index (χ2n) is 8.15. The van der Waals surface area contributed by atoms with Crippen LogP contribution in [0.2, 0.25) is 5.02 Å². The predicted molar refractivity (Wildman–Crippen MR) is 113 cm³/mol. The Morgan fingerprint density at radius 1 is 1.29 bits per heavy atom. The molecule has 31 heavy (non-hydrogen) atoms. The van der Waals surface area contributed by atoms with E-state index >= 15 is 0 Å². The zero-order chi connectivity index (χ0) is 21.9. The molecule has 4 atom stereocenters. The number of fused-ring (bicyclic) bond motifs is 6. The lowest BCUT2D eigenvalue weighted by Gasteiger charge is -2.38. The Morgan fingerprint density at radius 3 is 2.84 bits per heavy atom. The molecule has 0 spiro atoms. The van der Waals surface area contributed by atoms with Gasteiger partial charge in [-0.3, -0.25) is 14.4 Å². The molecule has 2 amide bonds. The van der Waals surface area contributed by atoms with Gasteiger partial charge in [-0.05, 0) is 38.1 Å². The number of esters is 1. The van der Waals surface area contributed by atoms with Gasteiger partial charge in [-0.2, -0.15) is 0 Å². The minimum Gasteiger partial charge on any atom is -0.493 e. The summed E-state index contributed by atoms with van der Waals surface area (Å²) >= 11 is 6.17. The molecule has 2 aromatic carbocycles. The monoisotopic (exact) mass is 440 g/mol. The first kappa shape index (κ1) is 19.9. The Bertz CT molecular complexity index is 1120. The van der Waals surface area contributed by atoms with E-state index in [1.54, 1.807) is 32.0 Å². The highest BCUT2D eigenvalue weighted by molar-refractivity contribution is 6.31. The summed E-state index contributed by atoms with van der Waals surface area (Å²) in [6.45, 7) is 3.72. The van der Waals surface area contributed by atoms with E-state index in [2.05, 4.69) is 5.32 Å². The maximum atomic E-state index is 13.9. The second-order valence-corrected chi connectivity index (χ2v) is 8.59. The van der Waals surface area contributed by atoms with Crippen molar-refractivity contribution in [2.75, 3.05) is 18.5 Å². The lowest BCUT2D eigenvalue weighted by atomic mass is 9.77. The zero-order valence-corrected chi connectivity index (χ0v) is 17.8. The van der Waals surface area contributed by atoms with E-state index < -0.39 is 35.3 Å². The van der Waals surface area contributed by atoms with Gasteiger partial charge in [0.25, 0.3) is 11.8 Å². The number of ether oxygens (including phenoxy) is 2. The van der Waals surface area contributed by atoms with E-state index in [-0.39, 0.29) is 24.7 Å². The van der Waals surface area contributed by atoms with Crippen molar-refractivity contribution < 1.29 is 23.9 Å². The molecule has 0 saturated carbocycles. The number of carbonyl (C=O) groups is 3. The van der Waals surface area contributed by atoms with Crippen LogP contribution in [0, 0.1) is 11.8 Å². The van der Waals surface area contributed by atoms with Crippen molar-refractivity contribution in [2.24, 2.45) is 11.8 Å². The number of rotatable bonds is 2. The molecular weight excluding hydrogens is 420 g/mol. The summed E-state index contributed by atoms with van der Waals surface area (Å²) in [7, 11) is 0. The van der Waals surface area contributed by atoms with Crippen molar-refractivity contribution in [3.8, 4) is 5.75 Å². The standard InChI is InChI=1S/C23H21ClN2O5/c1-3-30-21(28)18-15-11-31-17-7-5-4-6-13(17)19(15)26-20(27)14-10-12(24)8-9-16(14)25-22(29)23(18,26)2/h4-10,15,18-19H,3,11H2,1-2H3,(H,25,29)/t15-,18-,19+,23-/m1/s1. The van der Waals surface area contributed by atoms with Crippen molar-refractivity contribution in [3.63, 3.8) is 0 Å². The number of nitrogens with zero attached hydrogens (tertiary/aromatic N) is 1. The van der Waals surface area contributed by atoms with Crippen LogP contribution in [0.3, 0.4) is 0 Å². The first-order valence-corrected chi connectivity index (χ1v) is 10.6. The molecule has 1 N–H and O–H groups in total. The van der Waals surface area contributed by atoms with Crippen molar-refractivity contribution in [3.05, 3.63) is 58.6 Å². The smallest absolute Gasteiger partial charge is 0.312 e. The van der Waals surface area contributed by atoms with E-state index in [9.17, 15) is 14.4 Å². The number of nitrogens with one attached hydrogen (secondary N) is 1. The van der Waals surface area contributed by atoms with Crippen LogP contribution in [0.4, 0.5) is 5.69 Å². The highest BCUT2D eigenvalue weighted by Crippen LogP contribution is 2.56. The quantitative estimate of drug-likeness (QED) is 0.723. The lowest BCUT2D eigenvalue weighted by Crippen LogP contribution is -2.57. The molecule has 8 heteroatoms. The second kappa shape index (κ2) is 6.99. The summed E-state index contributed by atoms with van der Waals surface area (Å²) < 4.78 is 11.3. The highest BCUT2D eigenvalue weighted by Gasteiger charge is 2.67. The molecule has 5 rings (SSSR count). The highest BCUT2D eigenvalue weighted by atomic mass is 35.5. The lowest BCUT2D eigenvalue weighted by molar-refractivity contribution is -0.155. The molecule has 0 aromatic heterocycles. The van der Waals surface area contributed by atoms with Crippen LogP contribution in [0.15, 0.2) is 42.5 Å². The van der Waals surface area contributed by atoms with Gasteiger partial charge < -0.3 is 19.7 Å². The minimum atomic E-state index is -1.47. The van der Waals surface area contributed by atoms with Crippen LogP contribution < -0.4 is 10.1 Å². The fraction of sp³-hybridized carbons (Fsp3) is 0.348. The van der Waals surface area contributed by atoms with E-state index in [0.29, 0.717) is 16.5 Å². The maximum Gasteiger partial charge on any atom is 0.312 e. The molecule has 3 aliphatic heterocycles.